The smallest absolute Gasteiger partial charge is 0.227 e. The van der Waals surface area contributed by atoms with E-state index in [9.17, 15) is 0 Å². The summed E-state index contributed by atoms with van der Waals surface area (Å²) >= 11 is 0. The van der Waals surface area contributed by atoms with Crippen LogP contribution in [0.5, 0.6) is 11.6 Å². The van der Waals surface area contributed by atoms with Crippen LogP contribution in [0.25, 0.3) is 10.9 Å². The summed E-state index contributed by atoms with van der Waals surface area (Å²) < 4.78 is 5.92. The standard InChI is InChI=1S/C15H14N4O/c1-2-10-14(16)18-9-19-15(10)20-13-7-3-6-12-11(13)5-4-8-17-12/h3-9H,2H2,1H3,(H2,16,18,19). The quantitative estimate of drug-likeness (QED) is 0.788. The molecule has 20 heavy (non-hydrogen) atoms. The average molecular weight is 266 g/mol. The molecule has 3 rings (SSSR count). The normalized spacial score (nSPS) is 10.7. The lowest BCUT2D eigenvalue weighted by atomic mass is 10.2. The molecule has 0 saturated carbocycles. The highest BCUT2D eigenvalue weighted by atomic mass is 16.5. The summed E-state index contributed by atoms with van der Waals surface area (Å²) in [6.45, 7) is 1.99. The molecule has 0 bridgehead atoms. The van der Waals surface area contributed by atoms with Gasteiger partial charge in [-0.05, 0) is 30.7 Å². The molecule has 0 radical (unpaired) electrons. The zero-order chi connectivity index (χ0) is 13.9. The molecule has 2 heterocycles. The van der Waals surface area contributed by atoms with Crippen LogP contribution in [0.15, 0.2) is 42.9 Å². The van der Waals surface area contributed by atoms with Crippen molar-refractivity contribution in [2.75, 3.05) is 5.73 Å². The van der Waals surface area contributed by atoms with Gasteiger partial charge in [0.15, 0.2) is 0 Å². The molecule has 2 aromatic heterocycles. The van der Waals surface area contributed by atoms with E-state index >= 15 is 0 Å². The summed E-state index contributed by atoms with van der Waals surface area (Å²) in [6, 6.07) is 9.58. The van der Waals surface area contributed by atoms with Gasteiger partial charge in [0.05, 0.1) is 11.1 Å². The van der Waals surface area contributed by atoms with Crippen molar-refractivity contribution in [3.05, 3.63) is 48.4 Å². The van der Waals surface area contributed by atoms with Crippen LogP contribution in [0.3, 0.4) is 0 Å². The Kier molecular flexibility index (Phi) is 3.16. The van der Waals surface area contributed by atoms with Gasteiger partial charge in [-0.25, -0.2) is 9.97 Å². The predicted molar refractivity (Wildman–Crippen MR) is 77.6 cm³/mol. The van der Waals surface area contributed by atoms with E-state index in [1.165, 1.54) is 6.33 Å². The van der Waals surface area contributed by atoms with E-state index in [0.29, 0.717) is 23.9 Å². The molecular formula is C15H14N4O. The minimum absolute atomic E-state index is 0.455. The number of nitrogens with zero attached hydrogens (tertiary/aromatic N) is 3. The second kappa shape index (κ2) is 5.13. The molecule has 2 N–H and O–H groups in total. The van der Waals surface area contributed by atoms with Crippen LogP contribution in [0.4, 0.5) is 5.82 Å². The first kappa shape index (κ1) is 12.3. The Hall–Kier alpha value is -2.69. The van der Waals surface area contributed by atoms with Gasteiger partial charge in [-0.2, -0.15) is 0 Å². The molecule has 0 amide bonds. The molecular weight excluding hydrogens is 252 g/mol. The van der Waals surface area contributed by atoms with Gasteiger partial charge in [-0.15, -0.1) is 0 Å². The van der Waals surface area contributed by atoms with Crippen molar-refractivity contribution >= 4 is 16.7 Å². The largest absolute Gasteiger partial charge is 0.438 e. The average Bonchev–Trinajstić information content (AvgIpc) is 2.48. The molecule has 0 spiro atoms. The molecule has 0 aliphatic heterocycles. The third-order valence-corrected chi connectivity index (χ3v) is 3.11. The monoisotopic (exact) mass is 266 g/mol. The van der Waals surface area contributed by atoms with E-state index in [-0.39, 0.29) is 0 Å². The number of fused-ring (bicyclic) bond motifs is 1. The van der Waals surface area contributed by atoms with E-state index in [4.69, 9.17) is 10.5 Å². The first-order valence-electron chi connectivity index (χ1n) is 6.40. The molecule has 0 aliphatic carbocycles. The van der Waals surface area contributed by atoms with Crippen molar-refractivity contribution in [1.29, 1.82) is 0 Å². The molecule has 5 nitrogen and oxygen atoms in total. The fourth-order valence-corrected chi connectivity index (χ4v) is 2.10. The lowest BCUT2D eigenvalue weighted by Gasteiger charge is -2.11. The molecule has 100 valence electrons. The number of nitrogen functional groups attached to an aromatic ring is 1. The molecule has 5 heteroatoms. The highest BCUT2D eigenvalue weighted by Gasteiger charge is 2.11. The van der Waals surface area contributed by atoms with E-state index < -0.39 is 0 Å². The summed E-state index contributed by atoms with van der Waals surface area (Å²) in [7, 11) is 0. The van der Waals surface area contributed by atoms with Crippen molar-refractivity contribution in [2.24, 2.45) is 0 Å². The number of pyridine rings is 1. The second-order valence-corrected chi connectivity index (χ2v) is 4.32. The highest BCUT2D eigenvalue weighted by Crippen LogP contribution is 2.30. The minimum atomic E-state index is 0.455. The van der Waals surface area contributed by atoms with E-state index in [2.05, 4.69) is 15.0 Å². The maximum absolute atomic E-state index is 5.92. The number of hydrogen-bond acceptors (Lipinski definition) is 5. The van der Waals surface area contributed by atoms with Gasteiger partial charge in [0, 0.05) is 11.6 Å². The van der Waals surface area contributed by atoms with Crippen LogP contribution in [-0.2, 0) is 6.42 Å². The maximum Gasteiger partial charge on any atom is 0.227 e. The zero-order valence-corrected chi connectivity index (χ0v) is 11.1. The van der Waals surface area contributed by atoms with Crippen molar-refractivity contribution in [3.63, 3.8) is 0 Å². The summed E-state index contributed by atoms with van der Waals surface area (Å²) in [5, 5.41) is 0.939. The van der Waals surface area contributed by atoms with Crippen molar-refractivity contribution in [2.45, 2.75) is 13.3 Å². The molecule has 0 atom stereocenters. The van der Waals surface area contributed by atoms with E-state index in [1.807, 2.05) is 37.3 Å². The van der Waals surface area contributed by atoms with Gasteiger partial charge in [0.25, 0.3) is 0 Å². The Morgan fingerprint density at radius 2 is 2.00 bits per heavy atom. The lowest BCUT2D eigenvalue weighted by molar-refractivity contribution is 0.461. The number of ether oxygens (including phenoxy) is 1. The Bertz CT molecular complexity index is 752. The van der Waals surface area contributed by atoms with Crippen LogP contribution in [-0.4, -0.2) is 15.0 Å². The summed E-state index contributed by atoms with van der Waals surface area (Å²) in [4.78, 5) is 12.5. The van der Waals surface area contributed by atoms with Crippen LogP contribution < -0.4 is 10.5 Å². The third-order valence-electron chi connectivity index (χ3n) is 3.11. The molecule has 0 saturated heterocycles. The first-order chi connectivity index (χ1) is 9.79. The summed E-state index contributed by atoms with van der Waals surface area (Å²) in [5.41, 5.74) is 7.55. The van der Waals surface area contributed by atoms with E-state index in [0.717, 1.165) is 16.5 Å². The van der Waals surface area contributed by atoms with Crippen LogP contribution in [0.1, 0.15) is 12.5 Å². The topological polar surface area (TPSA) is 73.9 Å². The maximum atomic E-state index is 5.92. The number of aromatic nitrogens is 3. The van der Waals surface area contributed by atoms with Gasteiger partial charge in [-0.3, -0.25) is 4.98 Å². The van der Waals surface area contributed by atoms with Crippen molar-refractivity contribution in [3.8, 4) is 11.6 Å². The Labute approximate surface area is 116 Å². The van der Waals surface area contributed by atoms with Crippen molar-refractivity contribution < 1.29 is 4.74 Å². The van der Waals surface area contributed by atoms with Gasteiger partial charge >= 0.3 is 0 Å². The Morgan fingerprint density at radius 3 is 2.85 bits per heavy atom. The molecule has 1 aromatic carbocycles. The Balaban J connectivity index is 2.08. The van der Waals surface area contributed by atoms with Gasteiger partial charge in [0.2, 0.25) is 5.88 Å². The number of hydrogen-bond donors (Lipinski definition) is 1. The molecule has 0 fully saturated rings. The number of benzene rings is 1. The summed E-state index contributed by atoms with van der Waals surface area (Å²) in [5.74, 6) is 1.66. The van der Waals surface area contributed by atoms with Gasteiger partial charge < -0.3 is 10.5 Å². The van der Waals surface area contributed by atoms with Crippen LogP contribution in [0, 0.1) is 0 Å². The van der Waals surface area contributed by atoms with Crippen LogP contribution >= 0.6 is 0 Å². The number of rotatable bonds is 3. The van der Waals surface area contributed by atoms with E-state index in [1.54, 1.807) is 6.20 Å². The van der Waals surface area contributed by atoms with Gasteiger partial charge in [-0.1, -0.05) is 13.0 Å². The fraction of sp³-hybridized carbons (Fsp3) is 0.133. The fourth-order valence-electron chi connectivity index (χ4n) is 2.10. The van der Waals surface area contributed by atoms with Gasteiger partial charge in [0.1, 0.15) is 17.9 Å². The molecule has 0 aliphatic rings. The third kappa shape index (κ3) is 2.14. The van der Waals surface area contributed by atoms with Crippen molar-refractivity contribution in [1.82, 2.24) is 15.0 Å². The molecule has 3 aromatic rings. The SMILES string of the molecule is CCc1c(N)ncnc1Oc1cccc2ncccc12. The predicted octanol–water partition coefficient (Wildman–Crippen LogP) is 2.96. The number of nitrogens with two attached hydrogens (primary N) is 1. The first-order valence-corrected chi connectivity index (χ1v) is 6.40. The Morgan fingerprint density at radius 1 is 1.10 bits per heavy atom. The lowest BCUT2D eigenvalue weighted by Crippen LogP contribution is -2.02. The minimum Gasteiger partial charge on any atom is -0.438 e. The highest BCUT2D eigenvalue weighted by molar-refractivity contribution is 5.85. The van der Waals surface area contributed by atoms with Crippen LogP contribution in [0.2, 0.25) is 0 Å². The zero-order valence-electron chi connectivity index (χ0n) is 11.1. The molecule has 0 unspecified atom stereocenters. The summed E-state index contributed by atoms with van der Waals surface area (Å²) in [6.07, 6.45) is 3.88. The number of anilines is 1. The second-order valence-electron chi connectivity index (χ2n) is 4.32.